The molecule has 0 bridgehead atoms. The van der Waals surface area contributed by atoms with E-state index in [0.717, 1.165) is 22.5 Å². The highest BCUT2D eigenvalue weighted by molar-refractivity contribution is 6.05. The number of rotatable bonds is 5. The van der Waals surface area contributed by atoms with Crippen molar-refractivity contribution in [2.24, 2.45) is 0 Å². The third-order valence-electron chi connectivity index (χ3n) is 5.40. The normalized spacial score (nSPS) is 11.6. The van der Waals surface area contributed by atoms with Gasteiger partial charge in [-0.15, -0.1) is 0 Å². The van der Waals surface area contributed by atoms with Crippen molar-refractivity contribution in [3.63, 3.8) is 0 Å². The molecule has 31 heavy (non-hydrogen) atoms. The van der Waals surface area contributed by atoms with Gasteiger partial charge in [-0.3, -0.25) is 13.9 Å². The van der Waals surface area contributed by atoms with Crippen molar-refractivity contribution in [1.29, 1.82) is 0 Å². The molecule has 0 amide bonds. The van der Waals surface area contributed by atoms with Crippen LogP contribution in [0.15, 0.2) is 53.3 Å². The highest BCUT2D eigenvalue weighted by Gasteiger charge is 2.22. The molecule has 3 aromatic heterocycles. The minimum absolute atomic E-state index is 0.151. The van der Waals surface area contributed by atoms with E-state index in [1.165, 1.54) is 0 Å². The standard InChI is InChI=1S/C23H21N5O3/c1-14-24-21-19(23(29)27(14)12-13-30-2)20-22(26-18-7-5-4-6-17(18)25-20)28(21)15-8-10-16(31-3)11-9-15/h4-11H,12-13H2,1-3H3. The number of hydrogen-bond donors (Lipinski definition) is 0. The van der Waals surface area contributed by atoms with E-state index in [1.54, 1.807) is 18.8 Å². The Kier molecular flexibility index (Phi) is 4.63. The zero-order chi connectivity index (χ0) is 21.5. The van der Waals surface area contributed by atoms with E-state index in [9.17, 15) is 4.79 Å². The van der Waals surface area contributed by atoms with Crippen LogP contribution < -0.4 is 10.3 Å². The molecule has 2 aromatic carbocycles. The topological polar surface area (TPSA) is 84.1 Å². The SMILES string of the molecule is COCCn1c(C)nc2c(c1=O)c1nc3ccccc3nc1n2-c1ccc(OC)cc1. The fourth-order valence-corrected chi connectivity index (χ4v) is 3.85. The van der Waals surface area contributed by atoms with Crippen LogP contribution in [-0.4, -0.2) is 44.9 Å². The molecule has 0 saturated carbocycles. The van der Waals surface area contributed by atoms with Gasteiger partial charge in [0.15, 0.2) is 11.3 Å². The van der Waals surface area contributed by atoms with Gasteiger partial charge < -0.3 is 9.47 Å². The monoisotopic (exact) mass is 415 g/mol. The van der Waals surface area contributed by atoms with Gasteiger partial charge in [0.2, 0.25) is 0 Å². The molecule has 8 nitrogen and oxygen atoms in total. The number of methoxy groups -OCH3 is 2. The molecule has 156 valence electrons. The molecule has 0 N–H and O–H groups in total. The average Bonchev–Trinajstić information content (AvgIpc) is 3.10. The number of fused-ring (bicyclic) bond motifs is 4. The molecule has 3 heterocycles. The lowest BCUT2D eigenvalue weighted by molar-refractivity contribution is 0.185. The van der Waals surface area contributed by atoms with Crippen molar-refractivity contribution >= 4 is 33.2 Å². The van der Waals surface area contributed by atoms with E-state index < -0.39 is 0 Å². The summed E-state index contributed by atoms with van der Waals surface area (Å²) >= 11 is 0. The molecule has 0 saturated heterocycles. The maximum atomic E-state index is 13.5. The summed E-state index contributed by atoms with van der Waals surface area (Å²) in [5.41, 5.74) is 3.82. The van der Waals surface area contributed by atoms with Crippen molar-refractivity contribution in [2.75, 3.05) is 20.8 Å². The molecule has 0 atom stereocenters. The van der Waals surface area contributed by atoms with Crippen LogP contribution in [-0.2, 0) is 11.3 Å². The van der Waals surface area contributed by atoms with Gasteiger partial charge in [-0.2, -0.15) is 0 Å². The Hall–Kier alpha value is -3.78. The molecule has 0 aliphatic heterocycles. The Morgan fingerprint density at radius 1 is 0.903 bits per heavy atom. The van der Waals surface area contributed by atoms with Crippen LogP contribution in [0.25, 0.3) is 38.9 Å². The number of hydrogen-bond acceptors (Lipinski definition) is 6. The number of benzene rings is 2. The Balaban J connectivity index is 1.92. The molecule has 5 aromatic rings. The van der Waals surface area contributed by atoms with Crippen LogP contribution in [0.3, 0.4) is 0 Å². The van der Waals surface area contributed by atoms with Crippen LogP contribution in [0.1, 0.15) is 5.82 Å². The van der Waals surface area contributed by atoms with Crippen LogP contribution in [0.4, 0.5) is 0 Å². The first kappa shape index (κ1) is 19.2. The summed E-state index contributed by atoms with van der Waals surface area (Å²) in [5, 5.41) is 0.450. The number of aryl methyl sites for hydroxylation is 1. The zero-order valence-electron chi connectivity index (χ0n) is 17.5. The summed E-state index contributed by atoms with van der Waals surface area (Å²) in [6.07, 6.45) is 0. The number of ether oxygens (including phenoxy) is 2. The highest BCUT2D eigenvalue weighted by atomic mass is 16.5. The van der Waals surface area contributed by atoms with E-state index in [-0.39, 0.29) is 5.56 Å². The molecule has 0 unspecified atom stereocenters. The Morgan fingerprint density at radius 3 is 2.29 bits per heavy atom. The van der Waals surface area contributed by atoms with Crippen LogP contribution in [0.5, 0.6) is 5.75 Å². The van der Waals surface area contributed by atoms with Crippen molar-refractivity contribution < 1.29 is 9.47 Å². The molecule has 0 aliphatic rings. The summed E-state index contributed by atoms with van der Waals surface area (Å²) < 4.78 is 14.0. The van der Waals surface area contributed by atoms with Crippen LogP contribution >= 0.6 is 0 Å². The molecule has 0 aliphatic carbocycles. The minimum Gasteiger partial charge on any atom is -0.497 e. The van der Waals surface area contributed by atoms with Crippen molar-refractivity contribution in [2.45, 2.75) is 13.5 Å². The quantitative estimate of drug-likeness (QED) is 0.438. The second kappa shape index (κ2) is 7.48. The molecule has 8 heteroatoms. The molecule has 5 rings (SSSR count). The number of para-hydroxylation sites is 2. The Labute approximate surface area is 177 Å². The van der Waals surface area contributed by atoms with Gasteiger partial charge in [0.25, 0.3) is 5.56 Å². The predicted molar refractivity (Wildman–Crippen MR) is 119 cm³/mol. The van der Waals surface area contributed by atoms with Gasteiger partial charge >= 0.3 is 0 Å². The third kappa shape index (κ3) is 3.03. The van der Waals surface area contributed by atoms with Gasteiger partial charge in [0, 0.05) is 12.8 Å². The summed E-state index contributed by atoms with van der Waals surface area (Å²) in [7, 11) is 3.24. The average molecular weight is 415 g/mol. The van der Waals surface area contributed by atoms with E-state index in [2.05, 4.69) is 0 Å². The summed E-state index contributed by atoms with van der Waals surface area (Å²) in [6, 6.07) is 15.2. The minimum atomic E-state index is -0.151. The van der Waals surface area contributed by atoms with Gasteiger partial charge in [0.1, 0.15) is 22.5 Å². The number of aromatic nitrogens is 5. The third-order valence-corrected chi connectivity index (χ3v) is 5.40. The van der Waals surface area contributed by atoms with Gasteiger partial charge in [-0.25, -0.2) is 15.0 Å². The van der Waals surface area contributed by atoms with Crippen molar-refractivity contribution in [1.82, 2.24) is 24.1 Å². The Bertz CT molecular complexity index is 1490. The zero-order valence-corrected chi connectivity index (χ0v) is 17.5. The largest absolute Gasteiger partial charge is 0.497 e. The van der Waals surface area contributed by atoms with E-state index in [0.29, 0.717) is 41.2 Å². The molecular formula is C23H21N5O3. The van der Waals surface area contributed by atoms with Crippen LogP contribution in [0.2, 0.25) is 0 Å². The number of nitrogens with zero attached hydrogens (tertiary/aromatic N) is 5. The van der Waals surface area contributed by atoms with E-state index >= 15 is 0 Å². The lowest BCUT2D eigenvalue weighted by Crippen LogP contribution is -2.25. The lowest BCUT2D eigenvalue weighted by atomic mass is 10.3. The van der Waals surface area contributed by atoms with Gasteiger partial charge in [0.05, 0.1) is 31.3 Å². The molecule has 0 spiro atoms. The first-order valence-corrected chi connectivity index (χ1v) is 9.94. The fraction of sp³-hybridized carbons (Fsp3) is 0.217. The molecule has 0 fully saturated rings. The van der Waals surface area contributed by atoms with Crippen molar-refractivity contribution in [3.05, 3.63) is 64.7 Å². The second-order valence-corrected chi connectivity index (χ2v) is 7.23. The first-order chi connectivity index (χ1) is 15.1. The molecule has 0 radical (unpaired) electrons. The summed E-state index contributed by atoms with van der Waals surface area (Å²) in [5.74, 6) is 1.35. The van der Waals surface area contributed by atoms with Crippen LogP contribution in [0, 0.1) is 6.92 Å². The lowest BCUT2D eigenvalue weighted by Gasteiger charge is -2.10. The summed E-state index contributed by atoms with van der Waals surface area (Å²) in [6.45, 7) is 2.66. The van der Waals surface area contributed by atoms with E-state index in [4.69, 9.17) is 24.4 Å². The van der Waals surface area contributed by atoms with E-state index in [1.807, 2.05) is 60.0 Å². The van der Waals surface area contributed by atoms with Gasteiger partial charge in [-0.1, -0.05) is 12.1 Å². The maximum absolute atomic E-state index is 13.5. The maximum Gasteiger partial charge on any atom is 0.265 e. The predicted octanol–water partition coefficient (Wildman–Crippen LogP) is 3.25. The second-order valence-electron chi connectivity index (χ2n) is 7.23. The first-order valence-electron chi connectivity index (χ1n) is 9.94. The Morgan fingerprint density at radius 2 is 1.61 bits per heavy atom. The van der Waals surface area contributed by atoms with Crippen molar-refractivity contribution in [3.8, 4) is 11.4 Å². The fourth-order valence-electron chi connectivity index (χ4n) is 3.85. The smallest absolute Gasteiger partial charge is 0.265 e. The highest BCUT2D eigenvalue weighted by Crippen LogP contribution is 2.29. The van der Waals surface area contributed by atoms with Gasteiger partial charge in [-0.05, 0) is 43.3 Å². The molecular weight excluding hydrogens is 394 g/mol. The summed E-state index contributed by atoms with van der Waals surface area (Å²) in [4.78, 5) is 28.0.